The number of aromatic nitrogens is 12. The normalized spacial score (nSPS) is 16.9. The summed E-state index contributed by atoms with van der Waals surface area (Å²) in [6.45, 7) is 2.11. The minimum atomic E-state index is -2.67. The van der Waals surface area contributed by atoms with Crippen LogP contribution in [0.15, 0.2) is 66.9 Å². The molecule has 4 N–H and O–H groups in total. The predicted molar refractivity (Wildman–Crippen MR) is 253 cm³/mol. The van der Waals surface area contributed by atoms with Crippen molar-refractivity contribution < 1.29 is 48.4 Å². The second-order valence-corrected chi connectivity index (χ2v) is 20.6. The molecule has 0 amide bonds. The third-order valence-corrected chi connectivity index (χ3v) is 13.7. The van der Waals surface area contributed by atoms with E-state index in [1.54, 1.807) is 56.0 Å². The molecule has 20 nitrogen and oxygen atoms in total. The topological polar surface area (TPSA) is 270 Å². The molecular weight excluding hydrogens is 1170 g/mol. The molecule has 4 aliphatic carbocycles. The fraction of sp³-hybridized carbons (Fsp3) is 0.349. The summed E-state index contributed by atoms with van der Waals surface area (Å²) in [7, 11) is 0. The van der Waals surface area contributed by atoms with E-state index in [4.69, 9.17) is 20.4 Å². The molecular formula is C43H36Br4F2N12O8. The van der Waals surface area contributed by atoms with E-state index in [1.165, 1.54) is 17.0 Å². The molecule has 0 unspecified atom stereocenters. The quantitative estimate of drug-likeness (QED) is 0.110. The SMILES string of the molecule is CC1(c2cc(C(=O)O)nc3cc(Br)nn23)CC1.O=C(O)c1cc(C2CC(F)(F)C2)n2nc(Br)cc2n1.O=C(O)c1cc(C2CC2)n2nc(Br)cc2n1.O=C(O)c1cc(C2CCC2)n2nc(Br)cc2n1. The van der Waals surface area contributed by atoms with Crippen molar-refractivity contribution in [3.8, 4) is 0 Å². The molecule has 26 heteroatoms. The van der Waals surface area contributed by atoms with Crippen LogP contribution in [0.2, 0.25) is 0 Å². The van der Waals surface area contributed by atoms with Gasteiger partial charge in [-0.3, -0.25) is 0 Å². The van der Waals surface area contributed by atoms with Crippen LogP contribution in [0.1, 0.15) is 147 Å². The lowest BCUT2D eigenvalue weighted by atomic mass is 9.79. The van der Waals surface area contributed by atoms with Gasteiger partial charge < -0.3 is 20.4 Å². The molecule has 0 saturated heterocycles. The van der Waals surface area contributed by atoms with E-state index in [9.17, 15) is 28.0 Å². The number of nitrogens with zero attached hydrogens (tertiary/aromatic N) is 12. The van der Waals surface area contributed by atoms with E-state index in [0.717, 1.165) is 55.6 Å². The Morgan fingerprint density at radius 2 is 0.826 bits per heavy atom. The molecule has 0 aromatic carbocycles. The highest BCUT2D eigenvalue weighted by Gasteiger charge is 2.47. The first kappa shape index (κ1) is 48.2. The molecule has 0 radical (unpaired) electrons. The molecule has 8 aromatic heterocycles. The molecule has 4 saturated carbocycles. The molecule has 0 aliphatic heterocycles. The van der Waals surface area contributed by atoms with Gasteiger partial charge in [-0.2, -0.15) is 20.4 Å². The van der Waals surface area contributed by atoms with Crippen molar-refractivity contribution in [2.75, 3.05) is 0 Å². The third kappa shape index (κ3) is 10.2. The summed E-state index contributed by atoms with van der Waals surface area (Å²) in [5.74, 6) is -6.42. The number of rotatable bonds is 8. The highest BCUT2D eigenvalue weighted by molar-refractivity contribution is 9.11. The summed E-state index contributed by atoms with van der Waals surface area (Å²) in [6, 6.07) is 12.9. The summed E-state index contributed by atoms with van der Waals surface area (Å²) in [5, 5.41) is 53.0. The Bertz CT molecular complexity index is 3390. The van der Waals surface area contributed by atoms with Crippen molar-refractivity contribution in [2.24, 2.45) is 0 Å². The molecule has 8 aromatic rings. The zero-order chi connectivity index (χ0) is 49.3. The van der Waals surface area contributed by atoms with Gasteiger partial charge in [0, 0.05) is 71.7 Å². The molecule has 0 atom stereocenters. The van der Waals surface area contributed by atoms with Gasteiger partial charge >= 0.3 is 23.9 Å². The summed E-state index contributed by atoms with van der Waals surface area (Å²) in [4.78, 5) is 60.1. The molecule has 0 spiro atoms. The maximum absolute atomic E-state index is 13.0. The van der Waals surface area contributed by atoms with Crippen LogP contribution < -0.4 is 0 Å². The summed E-state index contributed by atoms with van der Waals surface area (Å²) in [6.07, 6.45) is 7.10. The Labute approximate surface area is 420 Å². The van der Waals surface area contributed by atoms with Crippen LogP contribution in [0.25, 0.3) is 22.6 Å². The smallest absolute Gasteiger partial charge is 0.354 e. The molecule has 69 heavy (non-hydrogen) atoms. The highest BCUT2D eigenvalue weighted by atomic mass is 79.9. The van der Waals surface area contributed by atoms with Crippen LogP contribution in [0.5, 0.6) is 0 Å². The van der Waals surface area contributed by atoms with Crippen molar-refractivity contribution in [3.63, 3.8) is 0 Å². The third-order valence-electron chi connectivity index (χ3n) is 12.2. The van der Waals surface area contributed by atoms with E-state index in [1.807, 2.05) is 0 Å². The van der Waals surface area contributed by atoms with Crippen LogP contribution in [-0.2, 0) is 5.41 Å². The number of hydrogen-bond donors (Lipinski definition) is 4. The monoisotopic (exact) mass is 1200 g/mol. The molecule has 8 heterocycles. The summed E-state index contributed by atoms with van der Waals surface area (Å²) >= 11 is 13.0. The molecule has 0 bridgehead atoms. The predicted octanol–water partition coefficient (Wildman–Crippen LogP) is 9.47. The number of halogens is 6. The molecule has 4 aliphatic rings. The number of alkyl halides is 2. The van der Waals surface area contributed by atoms with Crippen LogP contribution in [0.3, 0.4) is 0 Å². The van der Waals surface area contributed by atoms with E-state index >= 15 is 0 Å². The molecule has 358 valence electrons. The Morgan fingerprint density at radius 1 is 0.507 bits per heavy atom. The first-order valence-corrected chi connectivity index (χ1v) is 24.4. The zero-order valence-electron chi connectivity index (χ0n) is 35.8. The number of carbonyl (C=O) groups is 4. The maximum Gasteiger partial charge on any atom is 0.354 e. The Kier molecular flexibility index (Phi) is 12.9. The first-order valence-electron chi connectivity index (χ1n) is 21.2. The van der Waals surface area contributed by atoms with Gasteiger partial charge in [-0.1, -0.05) is 13.3 Å². The fourth-order valence-electron chi connectivity index (χ4n) is 7.99. The molecule has 4 fully saturated rings. The van der Waals surface area contributed by atoms with Crippen molar-refractivity contribution in [2.45, 2.75) is 93.8 Å². The van der Waals surface area contributed by atoms with Crippen molar-refractivity contribution in [3.05, 3.63) is 112 Å². The van der Waals surface area contributed by atoms with Crippen molar-refractivity contribution in [1.82, 2.24) is 58.4 Å². The second kappa shape index (κ2) is 18.5. The maximum atomic E-state index is 13.0. The van der Waals surface area contributed by atoms with Crippen molar-refractivity contribution >= 4 is 110 Å². The standard InChI is InChI=1S/C11H8BrF2N3O2.2C11H10BrN3O2.C10H8BrN3O2/c12-8-2-9-15-6(10(18)19)1-7(17(9)16-8)5-3-11(13,14)4-5;1-11(2-3-11)7-4-6(10(16)17)13-9-5-8(12)14-15(7)9;12-9-5-10-13-7(11(16)17)4-8(15(10)14-9)6-2-1-3-6;11-8-4-9-12-6(10(15)16)3-7(5-1-2-5)14(9)13-8/h1-2,5H,3-4H2,(H,18,19);4-5H,2-3H2,1H3,(H,16,17);4-6H,1-3H2,(H,16,17);3-5H,1-2H2,(H,15,16). The van der Waals surface area contributed by atoms with E-state index in [0.29, 0.717) is 58.5 Å². The van der Waals surface area contributed by atoms with Gasteiger partial charge in [-0.25, -0.2) is 66.0 Å². The number of fused-ring (bicyclic) bond motifs is 4. The van der Waals surface area contributed by atoms with Crippen LogP contribution >= 0.6 is 63.7 Å². The van der Waals surface area contributed by atoms with Gasteiger partial charge in [-0.05, 0) is 127 Å². The highest BCUT2D eigenvalue weighted by Crippen LogP contribution is 2.49. The van der Waals surface area contributed by atoms with E-state index in [-0.39, 0.29) is 41.0 Å². The zero-order valence-corrected chi connectivity index (χ0v) is 42.1. The van der Waals surface area contributed by atoms with E-state index in [2.05, 4.69) is 111 Å². The minimum absolute atomic E-state index is 0.0385. The number of carboxylic acid groups (broad SMARTS) is 4. The molecule has 12 rings (SSSR count). The lowest BCUT2D eigenvalue weighted by molar-refractivity contribution is -0.0880. The summed E-state index contributed by atoms with van der Waals surface area (Å²) < 4.78 is 35.0. The van der Waals surface area contributed by atoms with Gasteiger partial charge in [0.25, 0.3) is 0 Å². The largest absolute Gasteiger partial charge is 0.477 e. The van der Waals surface area contributed by atoms with Gasteiger partial charge in [0.2, 0.25) is 5.92 Å². The number of carboxylic acids is 4. The number of hydrogen-bond acceptors (Lipinski definition) is 12. The van der Waals surface area contributed by atoms with Gasteiger partial charge in [0.1, 0.15) is 18.4 Å². The average Bonchev–Trinajstić information content (AvgIpc) is 4.05. The van der Waals surface area contributed by atoms with Gasteiger partial charge in [-0.15, -0.1) is 0 Å². The van der Waals surface area contributed by atoms with Crippen LogP contribution in [0.4, 0.5) is 8.78 Å². The lowest BCUT2D eigenvalue weighted by Gasteiger charge is -2.35. The van der Waals surface area contributed by atoms with E-state index < -0.39 is 35.7 Å². The van der Waals surface area contributed by atoms with Gasteiger partial charge in [0.05, 0.1) is 11.4 Å². The number of aromatic carboxylic acids is 4. The van der Waals surface area contributed by atoms with Gasteiger partial charge in [0.15, 0.2) is 45.4 Å². The Hall–Kier alpha value is -5.86. The fourth-order valence-corrected chi connectivity index (χ4v) is 9.45. The first-order chi connectivity index (χ1) is 32.6. The van der Waals surface area contributed by atoms with Crippen molar-refractivity contribution in [1.29, 1.82) is 0 Å². The Balaban J connectivity index is 0.000000115. The second-order valence-electron chi connectivity index (χ2n) is 17.3. The minimum Gasteiger partial charge on any atom is -0.477 e. The summed E-state index contributed by atoms with van der Waals surface area (Å²) in [5.41, 5.74) is 5.45. The lowest BCUT2D eigenvalue weighted by Crippen LogP contribution is -2.35. The average molecular weight is 1210 g/mol. The van der Waals surface area contributed by atoms with Crippen LogP contribution in [-0.4, -0.2) is 109 Å². The Morgan fingerprint density at radius 3 is 1.13 bits per heavy atom. The van der Waals surface area contributed by atoms with Crippen LogP contribution in [0, 0.1) is 0 Å².